The Kier molecular flexibility index (Phi) is 3.44. The van der Waals surface area contributed by atoms with Gasteiger partial charge in [-0.3, -0.25) is 4.99 Å². The van der Waals surface area contributed by atoms with Crippen molar-refractivity contribution in [3.05, 3.63) is 48.0 Å². The van der Waals surface area contributed by atoms with Crippen LogP contribution in [0.1, 0.15) is 51.1 Å². The van der Waals surface area contributed by atoms with Crippen molar-refractivity contribution in [2.75, 3.05) is 7.05 Å². The number of nitrogens with zero attached hydrogens (tertiary/aromatic N) is 2. The Morgan fingerprint density at radius 2 is 1.78 bits per heavy atom. The molecule has 2 atom stereocenters. The molecule has 2 heteroatoms. The van der Waals surface area contributed by atoms with E-state index < -0.39 is 0 Å². The minimum absolute atomic E-state index is 0.115. The third kappa shape index (κ3) is 2.36. The number of hydrogen-bond acceptors (Lipinski definition) is 2. The minimum Gasteiger partial charge on any atom is -0.355 e. The molecule has 1 heterocycles. The van der Waals surface area contributed by atoms with Crippen LogP contribution in [0.15, 0.2) is 47.5 Å². The van der Waals surface area contributed by atoms with Gasteiger partial charge in [-0.05, 0) is 48.9 Å². The smallest absolute Gasteiger partial charge is 0.129 e. The molecule has 1 aliphatic carbocycles. The van der Waals surface area contributed by atoms with Crippen molar-refractivity contribution in [3.8, 4) is 0 Å². The lowest BCUT2D eigenvalue weighted by Crippen LogP contribution is -2.35. The first-order valence-corrected chi connectivity index (χ1v) is 8.92. The zero-order chi connectivity index (χ0) is 16.0. The predicted octanol–water partition coefficient (Wildman–Crippen LogP) is 5.19. The molecule has 0 radical (unpaired) electrons. The number of amidine groups is 1. The SMILES string of the molecule is CC(c1cccc2ccccc12)N(C)C1=NC1(C)C1CCCC1. The van der Waals surface area contributed by atoms with Gasteiger partial charge in [0.2, 0.25) is 0 Å². The molecule has 4 rings (SSSR count). The second-order valence-corrected chi connectivity index (χ2v) is 7.42. The molecule has 2 aromatic rings. The summed E-state index contributed by atoms with van der Waals surface area (Å²) in [5.41, 5.74) is 1.51. The molecule has 1 aliphatic heterocycles. The Balaban J connectivity index is 1.59. The van der Waals surface area contributed by atoms with E-state index in [1.165, 1.54) is 47.9 Å². The van der Waals surface area contributed by atoms with Gasteiger partial charge in [-0.2, -0.15) is 0 Å². The maximum atomic E-state index is 4.94. The number of aliphatic imine (C=N–C) groups is 1. The number of fused-ring (bicyclic) bond motifs is 1. The predicted molar refractivity (Wildman–Crippen MR) is 97.9 cm³/mol. The highest BCUT2D eigenvalue weighted by Gasteiger charge is 2.52. The summed E-state index contributed by atoms with van der Waals surface area (Å²) in [6, 6.07) is 15.7. The van der Waals surface area contributed by atoms with Gasteiger partial charge in [-0.25, -0.2) is 0 Å². The standard InChI is InChI=1S/C21H26N2/c1-15(18-14-8-10-16-9-4-7-13-19(16)18)23(3)20-21(2,22-20)17-11-5-6-12-17/h4,7-10,13-15,17H,5-6,11-12H2,1-3H3. The summed E-state index contributed by atoms with van der Waals surface area (Å²) in [5, 5.41) is 2.68. The second-order valence-electron chi connectivity index (χ2n) is 7.42. The Labute approximate surface area is 139 Å². The lowest BCUT2D eigenvalue weighted by molar-refractivity contribution is 0.374. The molecule has 0 aromatic heterocycles. The summed E-state index contributed by atoms with van der Waals surface area (Å²) in [6.45, 7) is 4.64. The zero-order valence-corrected chi connectivity index (χ0v) is 14.4. The quantitative estimate of drug-likeness (QED) is 0.761. The lowest BCUT2D eigenvalue weighted by Gasteiger charge is -2.28. The van der Waals surface area contributed by atoms with Crippen molar-refractivity contribution in [2.45, 2.75) is 51.1 Å². The summed E-state index contributed by atoms with van der Waals surface area (Å²) in [5.74, 6) is 2.07. The van der Waals surface area contributed by atoms with Crippen LogP contribution in [0.3, 0.4) is 0 Å². The summed E-state index contributed by atoms with van der Waals surface area (Å²) >= 11 is 0. The normalized spacial score (nSPS) is 25.4. The van der Waals surface area contributed by atoms with E-state index in [2.05, 4.69) is 68.3 Å². The molecule has 2 aliphatic rings. The summed E-state index contributed by atoms with van der Waals surface area (Å²) in [7, 11) is 2.21. The van der Waals surface area contributed by atoms with Gasteiger partial charge < -0.3 is 4.90 Å². The molecule has 2 aromatic carbocycles. The van der Waals surface area contributed by atoms with Crippen molar-refractivity contribution in [3.63, 3.8) is 0 Å². The van der Waals surface area contributed by atoms with Gasteiger partial charge in [0.15, 0.2) is 0 Å². The third-order valence-corrected chi connectivity index (χ3v) is 6.08. The highest BCUT2D eigenvalue weighted by atomic mass is 15.3. The second kappa shape index (κ2) is 5.36. The van der Waals surface area contributed by atoms with E-state index in [0.29, 0.717) is 6.04 Å². The molecule has 2 nitrogen and oxygen atoms in total. The van der Waals surface area contributed by atoms with Crippen molar-refractivity contribution in [1.82, 2.24) is 4.90 Å². The first-order valence-electron chi connectivity index (χ1n) is 8.92. The average molecular weight is 306 g/mol. The Bertz CT molecular complexity index is 752. The van der Waals surface area contributed by atoms with Crippen LogP contribution < -0.4 is 0 Å². The monoisotopic (exact) mass is 306 g/mol. The topological polar surface area (TPSA) is 15.6 Å². The molecule has 1 saturated carbocycles. The van der Waals surface area contributed by atoms with Crippen molar-refractivity contribution >= 4 is 16.6 Å². The Morgan fingerprint density at radius 1 is 1.09 bits per heavy atom. The van der Waals surface area contributed by atoms with E-state index in [9.17, 15) is 0 Å². The van der Waals surface area contributed by atoms with E-state index in [-0.39, 0.29) is 5.54 Å². The maximum Gasteiger partial charge on any atom is 0.129 e. The molecule has 120 valence electrons. The molecule has 0 bridgehead atoms. The van der Waals surface area contributed by atoms with Crippen LogP contribution >= 0.6 is 0 Å². The number of rotatable bonds is 3. The molecule has 23 heavy (non-hydrogen) atoms. The number of likely N-dealkylation sites (N-methyl/N-ethyl adjacent to an activating group) is 1. The van der Waals surface area contributed by atoms with E-state index in [1.807, 2.05) is 0 Å². The summed E-state index contributed by atoms with van der Waals surface area (Å²) in [4.78, 5) is 7.34. The van der Waals surface area contributed by atoms with Gasteiger partial charge in [-0.1, -0.05) is 55.3 Å². The minimum atomic E-state index is 0.115. The molecule has 0 saturated heterocycles. The fourth-order valence-corrected chi connectivity index (χ4v) is 4.40. The van der Waals surface area contributed by atoms with Crippen LogP contribution in [0, 0.1) is 5.92 Å². The van der Waals surface area contributed by atoms with E-state index >= 15 is 0 Å². The van der Waals surface area contributed by atoms with E-state index in [4.69, 9.17) is 4.99 Å². The highest BCUT2D eigenvalue weighted by Crippen LogP contribution is 2.46. The van der Waals surface area contributed by atoms with Gasteiger partial charge in [0.1, 0.15) is 11.4 Å². The van der Waals surface area contributed by atoms with Gasteiger partial charge in [0.25, 0.3) is 0 Å². The van der Waals surface area contributed by atoms with Crippen LogP contribution in [0.5, 0.6) is 0 Å². The fraction of sp³-hybridized carbons (Fsp3) is 0.476. The first kappa shape index (κ1) is 14.7. The first-order chi connectivity index (χ1) is 11.1. The van der Waals surface area contributed by atoms with Gasteiger partial charge in [0.05, 0.1) is 6.04 Å². The number of benzene rings is 2. The van der Waals surface area contributed by atoms with Crippen molar-refractivity contribution in [2.24, 2.45) is 10.9 Å². The van der Waals surface area contributed by atoms with Gasteiger partial charge in [-0.15, -0.1) is 0 Å². The summed E-state index contributed by atoms with van der Waals surface area (Å²) in [6.07, 6.45) is 5.46. The van der Waals surface area contributed by atoms with Gasteiger partial charge >= 0.3 is 0 Å². The Hall–Kier alpha value is -1.83. The largest absolute Gasteiger partial charge is 0.355 e. The van der Waals surface area contributed by atoms with Gasteiger partial charge in [0, 0.05) is 7.05 Å². The average Bonchev–Trinajstić information content (AvgIpc) is 3.01. The van der Waals surface area contributed by atoms with Crippen molar-refractivity contribution in [1.29, 1.82) is 0 Å². The van der Waals surface area contributed by atoms with Crippen molar-refractivity contribution < 1.29 is 0 Å². The molecular weight excluding hydrogens is 280 g/mol. The fourth-order valence-electron chi connectivity index (χ4n) is 4.40. The molecule has 0 spiro atoms. The molecule has 0 amide bonds. The molecule has 0 N–H and O–H groups in total. The Morgan fingerprint density at radius 3 is 2.57 bits per heavy atom. The van der Waals surface area contributed by atoms with Crippen LogP contribution in [0.4, 0.5) is 0 Å². The molecular formula is C21H26N2. The van der Waals surface area contributed by atoms with Crippen LogP contribution in [0.25, 0.3) is 10.8 Å². The highest BCUT2D eigenvalue weighted by molar-refractivity contribution is 6.03. The third-order valence-electron chi connectivity index (χ3n) is 6.08. The zero-order valence-electron chi connectivity index (χ0n) is 14.4. The van der Waals surface area contributed by atoms with Crippen LogP contribution in [-0.2, 0) is 0 Å². The molecule has 2 unspecified atom stereocenters. The lowest BCUT2D eigenvalue weighted by atomic mass is 9.89. The maximum absolute atomic E-state index is 4.94. The van der Waals surface area contributed by atoms with Crippen LogP contribution in [-0.4, -0.2) is 23.3 Å². The summed E-state index contributed by atoms with van der Waals surface area (Å²) < 4.78 is 0. The molecule has 1 fully saturated rings. The number of hydrogen-bond donors (Lipinski definition) is 0. The van der Waals surface area contributed by atoms with E-state index in [1.54, 1.807) is 0 Å². The van der Waals surface area contributed by atoms with E-state index in [0.717, 1.165) is 5.92 Å². The van der Waals surface area contributed by atoms with Crippen LogP contribution in [0.2, 0.25) is 0 Å².